The summed E-state index contributed by atoms with van der Waals surface area (Å²) in [5, 5.41) is 0. The molecule has 0 bridgehead atoms. The SMILES string of the molecule is C=C1C=NC(CCC(C)C(C)C)=C1CC. The van der Waals surface area contributed by atoms with E-state index in [9.17, 15) is 0 Å². The van der Waals surface area contributed by atoms with Gasteiger partial charge >= 0.3 is 0 Å². The zero-order valence-corrected chi connectivity index (χ0v) is 10.5. The topological polar surface area (TPSA) is 12.4 Å². The van der Waals surface area contributed by atoms with E-state index in [0.717, 1.165) is 30.3 Å². The Morgan fingerprint density at radius 1 is 1.33 bits per heavy atom. The van der Waals surface area contributed by atoms with Gasteiger partial charge in [0, 0.05) is 11.9 Å². The van der Waals surface area contributed by atoms with Gasteiger partial charge in [-0.2, -0.15) is 0 Å². The number of rotatable bonds is 5. The molecular weight excluding hydrogens is 182 g/mol. The maximum absolute atomic E-state index is 4.46. The number of allylic oxidation sites excluding steroid dienone is 3. The van der Waals surface area contributed by atoms with Crippen molar-refractivity contribution in [2.24, 2.45) is 16.8 Å². The molecule has 1 aliphatic heterocycles. The number of hydrogen-bond acceptors (Lipinski definition) is 1. The molecular formula is C14H23N. The monoisotopic (exact) mass is 205 g/mol. The summed E-state index contributed by atoms with van der Waals surface area (Å²) in [5.41, 5.74) is 3.76. The van der Waals surface area contributed by atoms with Crippen LogP contribution in [0.2, 0.25) is 0 Å². The molecule has 0 radical (unpaired) electrons. The molecule has 1 unspecified atom stereocenters. The van der Waals surface area contributed by atoms with Gasteiger partial charge in [-0.25, -0.2) is 0 Å². The highest BCUT2D eigenvalue weighted by molar-refractivity contribution is 5.88. The zero-order valence-electron chi connectivity index (χ0n) is 10.5. The first-order valence-electron chi connectivity index (χ1n) is 6.01. The van der Waals surface area contributed by atoms with Crippen LogP contribution in [0.3, 0.4) is 0 Å². The molecule has 84 valence electrons. The van der Waals surface area contributed by atoms with Crippen LogP contribution in [0.1, 0.15) is 47.0 Å². The summed E-state index contributed by atoms with van der Waals surface area (Å²) in [6, 6.07) is 0. The van der Waals surface area contributed by atoms with Gasteiger partial charge < -0.3 is 0 Å². The first kappa shape index (κ1) is 12.2. The van der Waals surface area contributed by atoms with Crippen LogP contribution in [0.25, 0.3) is 0 Å². The van der Waals surface area contributed by atoms with Crippen molar-refractivity contribution in [3.05, 3.63) is 23.4 Å². The Hall–Kier alpha value is -0.850. The standard InChI is InChI=1S/C14H23N/c1-6-13-12(5)9-15-14(13)8-7-11(4)10(2)3/h9-11H,5-8H2,1-4H3. The second-order valence-electron chi connectivity index (χ2n) is 4.82. The van der Waals surface area contributed by atoms with E-state index in [-0.39, 0.29) is 0 Å². The summed E-state index contributed by atoms with van der Waals surface area (Å²) in [6.45, 7) is 13.1. The highest BCUT2D eigenvalue weighted by Crippen LogP contribution is 2.28. The third-order valence-corrected chi connectivity index (χ3v) is 3.44. The lowest BCUT2D eigenvalue weighted by Crippen LogP contribution is -2.03. The Kier molecular flexibility index (Phi) is 4.31. The van der Waals surface area contributed by atoms with Crippen molar-refractivity contribution in [1.29, 1.82) is 0 Å². The molecule has 0 fully saturated rings. The molecule has 0 saturated heterocycles. The van der Waals surface area contributed by atoms with E-state index in [1.54, 1.807) is 0 Å². The van der Waals surface area contributed by atoms with Crippen molar-refractivity contribution in [3.8, 4) is 0 Å². The molecule has 0 saturated carbocycles. The average molecular weight is 205 g/mol. The molecule has 1 atom stereocenters. The minimum atomic E-state index is 0.768. The van der Waals surface area contributed by atoms with Gasteiger partial charge in [0.15, 0.2) is 0 Å². The quantitative estimate of drug-likeness (QED) is 0.632. The van der Waals surface area contributed by atoms with Crippen molar-refractivity contribution < 1.29 is 0 Å². The van der Waals surface area contributed by atoms with E-state index >= 15 is 0 Å². The summed E-state index contributed by atoms with van der Waals surface area (Å²) in [5.74, 6) is 1.55. The fraction of sp³-hybridized carbons (Fsp3) is 0.643. The van der Waals surface area contributed by atoms with Crippen molar-refractivity contribution in [2.45, 2.75) is 47.0 Å². The molecule has 0 aromatic rings. The lowest BCUT2D eigenvalue weighted by molar-refractivity contribution is 0.391. The molecule has 1 rings (SSSR count). The highest BCUT2D eigenvalue weighted by atomic mass is 14.8. The Morgan fingerprint density at radius 2 is 2.00 bits per heavy atom. The Bertz CT molecular complexity index is 294. The Labute approximate surface area is 94.0 Å². The van der Waals surface area contributed by atoms with Crippen LogP contribution in [-0.4, -0.2) is 6.21 Å². The molecule has 0 aromatic heterocycles. The summed E-state index contributed by atoms with van der Waals surface area (Å²) >= 11 is 0. The lowest BCUT2D eigenvalue weighted by atomic mass is 9.91. The summed E-state index contributed by atoms with van der Waals surface area (Å²) in [7, 11) is 0. The van der Waals surface area contributed by atoms with Crippen LogP contribution in [-0.2, 0) is 0 Å². The van der Waals surface area contributed by atoms with E-state index < -0.39 is 0 Å². The van der Waals surface area contributed by atoms with Crippen molar-refractivity contribution >= 4 is 6.21 Å². The minimum Gasteiger partial charge on any atom is -0.260 e. The largest absolute Gasteiger partial charge is 0.260 e. The highest BCUT2D eigenvalue weighted by Gasteiger charge is 2.14. The average Bonchev–Trinajstić information content (AvgIpc) is 2.55. The number of aliphatic imine (C=N–C) groups is 1. The predicted octanol–water partition coefficient (Wildman–Crippen LogP) is 4.36. The first-order valence-corrected chi connectivity index (χ1v) is 6.01. The van der Waals surface area contributed by atoms with Crippen LogP contribution in [0.5, 0.6) is 0 Å². The van der Waals surface area contributed by atoms with Gasteiger partial charge in [0.1, 0.15) is 0 Å². The van der Waals surface area contributed by atoms with E-state index in [1.165, 1.54) is 17.7 Å². The van der Waals surface area contributed by atoms with Crippen molar-refractivity contribution in [3.63, 3.8) is 0 Å². The summed E-state index contributed by atoms with van der Waals surface area (Å²) in [4.78, 5) is 4.46. The second kappa shape index (κ2) is 5.29. The van der Waals surface area contributed by atoms with Gasteiger partial charge in [0.25, 0.3) is 0 Å². The van der Waals surface area contributed by atoms with Crippen LogP contribution in [0, 0.1) is 11.8 Å². The van der Waals surface area contributed by atoms with Crippen LogP contribution in [0.15, 0.2) is 28.4 Å². The normalized spacial score (nSPS) is 18.1. The van der Waals surface area contributed by atoms with Crippen molar-refractivity contribution in [2.75, 3.05) is 0 Å². The molecule has 0 aromatic carbocycles. The smallest absolute Gasteiger partial charge is 0.0442 e. The zero-order chi connectivity index (χ0) is 11.4. The predicted molar refractivity (Wildman–Crippen MR) is 68.2 cm³/mol. The van der Waals surface area contributed by atoms with Crippen LogP contribution in [0.4, 0.5) is 0 Å². The molecule has 1 heteroatoms. The molecule has 1 nitrogen and oxygen atoms in total. The Balaban J connectivity index is 2.55. The van der Waals surface area contributed by atoms with Crippen LogP contribution >= 0.6 is 0 Å². The molecule has 1 aliphatic rings. The van der Waals surface area contributed by atoms with Gasteiger partial charge in [0.2, 0.25) is 0 Å². The fourth-order valence-corrected chi connectivity index (χ4v) is 1.84. The first-order chi connectivity index (χ1) is 7.06. The molecule has 0 amide bonds. The van der Waals surface area contributed by atoms with Gasteiger partial charge in [-0.05, 0) is 42.2 Å². The minimum absolute atomic E-state index is 0.768. The van der Waals surface area contributed by atoms with Crippen molar-refractivity contribution in [1.82, 2.24) is 0 Å². The second-order valence-corrected chi connectivity index (χ2v) is 4.82. The molecule has 15 heavy (non-hydrogen) atoms. The molecule has 0 N–H and O–H groups in total. The molecule has 0 spiro atoms. The summed E-state index contributed by atoms with van der Waals surface area (Å²) < 4.78 is 0. The van der Waals surface area contributed by atoms with Crippen LogP contribution < -0.4 is 0 Å². The third kappa shape index (κ3) is 3.05. The van der Waals surface area contributed by atoms with E-state index in [1.807, 2.05) is 6.21 Å². The van der Waals surface area contributed by atoms with E-state index in [4.69, 9.17) is 0 Å². The fourth-order valence-electron chi connectivity index (χ4n) is 1.84. The molecule has 0 aliphatic carbocycles. The maximum Gasteiger partial charge on any atom is 0.0442 e. The Morgan fingerprint density at radius 3 is 2.53 bits per heavy atom. The van der Waals surface area contributed by atoms with Gasteiger partial charge in [-0.15, -0.1) is 0 Å². The summed E-state index contributed by atoms with van der Waals surface area (Å²) in [6.07, 6.45) is 5.32. The third-order valence-electron chi connectivity index (χ3n) is 3.44. The van der Waals surface area contributed by atoms with E-state index in [2.05, 4.69) is 39.3 Å². The van der Waals surface area contributed by atoms with E-state index in [0.29, 0.717) is 0 Å². The van der Waals surface area contributed by atoms with Gasteiger partial charge in [-0.1, -0.05) is 34.3 Å². The van der Waals surface area contributed by atoms with Gasteiger partial charge in [-0.3, -0.25) is 4.99 Å². The van der Waals surface area contributed by atoms with Gasteiger partial charge in [0.05, 0.1) is 0 Å². The number of nitrogens with zero attached hydrogens (tertiary/aromatic N) is 1. The molecule has 1 heterocycles. The maximum atomic E-state index is 4.46. The lowest BCUT2D eigenvalue weighted by Gasteiger charge is -2.15. The number of hydrogen-bond donors (Lipinski definition) is 0.